The van der Waals surface area contributed by atoms with Crippen LogP contribution in [-0.4, -0.2) is 11.1 Å². The Morgan fingerprint density at radius 1 is 1.09 bits per heavy atom. The lowest BCUT2D eigenvalue weighted by molar-refractivity contribution is -0.158. The number of hydrogen-bond donors (Lipinski definition) is 1. The summed E-state index contributed by atoms with van der Waals surface area (Å²) >= 11 is 0. The van der Waals surface area contributed by atoms with Gasteiger partial charge in [-0.1, -0.05) is 31.4 Å². The fourth-order valence-electron chi connectivity index (χ4n) is 8.20. The molecule has 5 aliphatic carbocycles. The first-order valence-corrected chi connectivity index (χ1v) is 9.50. The van der Waals surface area contributed by atoms with E-state index in [0.717, 1.165) is 18.3 Å². The van der Waals surface area contributed by atoms with Gasteiger partial charge in [0.15, 0.2) is 0 Å². The monoisotopic (exact) mass is 300 g/mol. The molecule has 5 aliphatic rings. The van der Waals surface area contributed by atoms with Gasteiger partial charge in [-0.25, -0.2) is 0 Å². The topological polar surface area (TPSA) is 37.3 Å². The third kappa shape index (κ3) is 1.33. The number of allylic oxidation sites excluding steroid dienone is 2. The molecule has 4 fully saturated rings. The Bertz CT molecular complexity index is 546. The van der Waals surface area contributed by atoms with Crippen molar-refractivity contribution in [2.24, 2.45) is 46.3 Å². The quantitative estimate of drug-likeness (QED) is 0.602. The standard InChI is InChI=1S/C20H28O2/c1-19(18(21)22)11-15-10-16(19)17-12-7-8-14(9-12)20(15,17)13-5-3-2-4-6-13/h7-8,12-17H,2-6,9-11H2,1H3,(H,21,22). The minimum absolute atomic E-state index is 0.439. The van der Waals surface area contributed by atoms with E-state index in [2.05, 4.69) is 19.1 Å². The number of fused-ring (bicyclic) bond motifs is 9. The SMILES string of the molecule is CC1(C(=O)O)CC2CC1C1C3C=CC(C3)C21C1CCCCC1. The molecule has 7 atom stereocenters. The summed E-state index contributed by atoms with van der Waals surface area (Å²) in [5.41, 5.74) is 0.0608. The van der Waals surface area contributed by atoms with Gasteiger partial charge in [-0.05, 0) is 80.0 Å². The summed E-state index contributed by atoms with van der Waals surface area (Å²) in [5.74, 6) is 3.65. The maximum atomic E-state index is 12.0. The average molecular weight is 300 g/mol. The van der Waals surface area contributed by atoms with E-state index in [1.165, 1.54) is 44.9 Å². The molecule has 0 aromatic heterocycles. The van der Waals surface area contributed by atoms with Crippen molar-refractivity contribution in [1.29, 1.82) is 0 Å². The molecule has 120 valence electrons. The molecule has 22 heavy (non-hydrogen) atoms. The van der Waals surface area contributed by atoms with E-state index >= 15 is 0 Å². The lowest BCUT2D eigenvalue weighted by atomic mass is 9.49. The Morgan fingerprint density at radius 3 is 2.59 bits per heavy atom. The number of hydrogen-bond acceptors (Lipinski definition) is 1. The van der Waals surface area contributed by atoms with Crippen molar-refractivity contribution >= 4 is 5.97 Å². The van der Waals surface area contributed by atoms with Crippen LogP contribution in [0.5, 0.6) is 0 Å². The molecule has 2 heteroatoms. The molecule has 0 aromatic carbocycles. The number of rotatable bonds is 2. The van der Waals surface area contributed by atoms with Crippen LogP contribution in [0.1, 0.15) is 58.3 Å². The lowest BCUT2D eigenvalue weighted by Gasteiger charge is -2.55. The summed E-state index contributed by atoms with van der Waals surface area (Å²) in [7, 11) is 0. The minimum Gasteiger partial charge on any atom is -0.481 e. The molecule has 0 spiro atoms. The molecular formula is C20H28O2. The van der Waals surface area contributed by atoms with E-state index < -0.39 is 11.4 Å². The molecule has 4 bridgehead atoms. The molecule has 0 saturated heterocycles. The van der Waals surface area contributed by atoms with Gasteiger partial charge in [0.1, 0.15) is 0 Å². The van der Waals surface area contributed by atoms with Gasteiger partial charge in [0.2, 0.25) is 0 Å². The van der Waals surface area contributed by atoms with Crippen LogP contribution in [0.4, 0.5) is 0 Å². The van der Waals surface area contributed by atoms with Crippen LogP contribution in [0.25, 0.3) is 0 Å². The Balaban J connectivity index is 1.60. The first-order chi connectivity index (χ1) is 10.6. The average Bonchev–Trinajstić information content (AvgIpc) is 3.25. The molecule has 0 aliphatic heterocycles. The summed E-state index contributed by atoms with van der Waals surface area (Å²) in [5, 5.41) is 9.86. The van der Waals surface area contributed by atoms with E-state index in [-0.39, 0.29) is 0 Å². The molecule has 0 heterocycles. The van der Waals surface area contributed by atoms with Crippen LogP contribution < -0.4 is 0 Å². The summed E-state index contributed by atoms with van der Waals surface area (Å²) in [6.45, 7) is 2.06. The number of carbonyl (C=O) groups is 1. The van der Waals surface area contributed by atoms with Gasteiger partial charge in [-0.3, -0.25) is 4.79 Å². The van der Waals surface area contributed by atoms with E-state index in [1.807, 2.05) is 0 Å². The largest absolute Gasteiger partial charge is 0.481 e. The van der Waals surface area contributed by atoms with E-state index in [4.69, 9.17) is 0 Å². The van der Waals surface area contributed by atoms with Crippen LogP contribution in [0.3, 0.4) is 0 Å². The van der Waals surface area contributed by atoms with Crippen LogP contribution in [-0.2, 0) is 4.79 Å². The maximum Gasteiger partial charge on any atom is 0.309 e. The molecule has 1 N–H and O–H groups in total. The zero-order valence-corrected chi connectivity index (χ0v) is 13.6. The fourth-order valence-corrected chi connectivity index (χ4v) is 8.20. The van der Waals surface area contributed by atoms with Gasteiger partial charge in [0, 0.05) is 0 Å². The third-order valence-corrected chi connectivity index (χ3v) is 8.77. The highest BCUT2D eigenvalue weighted by atomic mass is 16.4. The predicted molar refractivity (Wildman–Crippen MR) is 85.2 cm³/mol. The Labute approximate surface area is 133 Å². The highest BCUT2D eigenvalue weighted by molar-refractivity contribution is 5.75. The van der Waals surface area contributed by atoms with E-state index in [1.54, 1.807) is 0 Å². The summed E-state index contributed by atoms with van der Waals surface area (Å²) in [6, 6.07) is 0. The fraction of sp³-hybridized carbons (Fsp3) is 0.850. The van der Waals surface area contributed by atoms with Crippen molar-refractivity contribution in [3.63, 3.8) is 0 Å². The Hall–Kier alpha value is -0.790. The summed E-state index contributed by atoms with van der Waals surface area (Å²) in [6.07, 6.45) is 15.6. The molecule has 0 amide bonds. The van der Waals surface area contributed by atoms with Gasteiger partial charge in [0.25, 0.3) is 0 Å². The highest BCUT2D eigenvalue weighted by Crippen LogP contribution is 2.79. The molecule has 0 aromatic rings. The normalized spacial score (nSPS) is 55.8. The molecule has 7 unspecified atom stereocenters. The minimum atomic E-state index is -0.524. The molecule has 0 radical (unpaired) electrons. The van der Waals surface area contributed by atoms with Gasteiger partial charge < -0.3 is 5.11 Å². The molecule has 2 nitrogen and oxygen atoms in total. The zero-order valence-electron chi connectivity index (χ0n) is 13.6. The van der Waals surface area contributed by atoms with Crippen molar-refractivity contribution < 1.29 is 9.90 Å². The van der Waals surface area contributed by atoms with Gasteiger partial charge in [-0.2, -0.15) is 0 Å². The van der Waals surface area contributed by atoms with Crippen molar-refractivity contribution in [2.75, 3.05) is 0 Å². The predicted octanol–water partition coefficient (Wildman–Crippen LogP) is 4.51. The number of carboxylic acids is 1. The molecular weight excluding hydrogens is 272 g/mol. The van der Waals surface area contributed by atoms with Gasteiger partial charge in [-0.15, -0.1) is 0 Å². The maximum absolute atomic E-state index is 12.0. The lowest BCUT2D eigenvalue weighted by Crippen LogP contribution is -2.52. The van der Waals surface area contributed by atoms with Crippen LogP contribution in [0.2, 0.25) is 0 Å². The van der Waals surface area contributed by atoms with Crippen molar-refractivity contribution in [1.82, 2.24) is 0 Å². The molecule has 5 rings (SSSR count). The van der Waals surface area contributed by atoms with Crippen LogP contribution >= 0.6 is 0 Å². The Kier molecular flexibility index (Phi) is 2.59. The second-order valence-electron chi connectivity index (χ2n) is 9.22. The van der Waals surface area contributed by atoms with Crippen molar-refractivity contribution in [3.05, 3.63) is 12.2 Å². The van der Waals surface area contributed by atoms with Crippen LogP contribution in [0.15, 0.2) is 12.2 Å². The second-order valence-corrected chi connectivity index (χ2v) is 9.22. The van der Waals surface area contributed by atoms with E-state index in [9.17, 15) is 9.90 Å². The second kappa shape index (κ2) is 4.19. The number of carboxylic acid groups (broad SMARTS) is 1. The molecule has 4 saturated carbocycles. The zero-order chi connectivity index (χ0) is 15.1. The van der Waals surface area contributed by atoms with Gasteiger partial charge >= 0.3 is 5.97 Å². The number of aliphatic carboxylic acids is 1. The third-order valence-electron chi connectivity index (χ3n) is 8.77. The van der Waals surface area contributed by atoms with Crippen molar-refractivity contribution in [2.45, 2.75) is 58.3 Å². The van der Waals surface area contributed by atoms with Crippen LogP contribution in [0, 0.1) is 46.3 Å². The smallest absolute Gasteiger partial charge is 0.309 e. The van der Waals surface area contributed by atoms with Crippen molar-refractivity contribution in [3.8, 4) is 0 Å². The Morgan fingerprint density at radius 2 is 1.86 bits per heavy atom. The van der Waals surface area contributed by atoms with E-state index in [0.29, 0.717) is 29.1 Å². The summed E-state index contributed by atoms with van der Waals surface area (Å²) < 4.78 is 0. The highest BCUT2D eigenvalue weighted by Gasteiger charge is 2.75. The first-order valence-electron chi connectivity index (χ1n) is 9.50. The summed E-state index contributed by atoms with van der Waals surface area (Å²) in [4.78, 5) is 12.0. The first kappa shape index (κ1) is 13.6. The van der Waals surface area contributed by atoms with Gasteiger partial charge in [0.05, 0.1) is 5.41 Å².